The predicted molar refractivity (Wildman–Crippen MR) is 121 cm³/mol. The molecule has 7 N–H and O–H groups in total. The Labute approximate surface area is 195 Å². The van der Waals surface area contributed by atoms with Crippen LogP contribution in [0.2, 0.25) is 5.02 Å². The minimum Gasteiger partial charge on any atom is -0.464 e. The Morgan fingerprint density at radius 1 is 1.33 bits per heavy atom. The number of amides is 2. The van der Waals surface area contributed by atoms with Gasteiger partial charge in [0.15, 0.2) is 0 Å². The number of carbonyl (C=O) groups excluding carboxylic acids is 2. The summed E-state index contributed by atoms with van der Waals surface area (Å²) in [5.74, 6) is -3.06. The molecule has 0 spiro atoms. The van der Waals surface area contributed by atoms with E-state index in [-0.39, 0.29) is 40.0 Å². The maximum absolute atomic E-state index is 15.0. The zero-order valence-corrected chi connectivity index (χ0v) is 19.6. The first-order chi connectivity index (χ1) is 15.2. The molecule has 2 rings (SSSR count). The molecule has 2 atom stereocenters. The highest BCUT2D eigenvalue weighted by Gasteiger charge is 2.31. The Balaban J connectivity index is 2.29. The summed E-state index contributed by atoms with van der Waals surface area (Å²) in [5.41, 5.74) is 8.33. The van der Waals surface area contributed by atoms with Crippen molar-refractivity contribution in [3.8, 4) is 0 Å². The molecule has 33 heavy (non-hydrogen) atoms. The zero-order chi connectivity index (χ0) is 25.1. The van der Waals surface area contributed by atoms with Crippen molar-refractivity contribution in [3.63, 3.8) is 0 Å². The minimum absolute atomic E-state index is 0.0218. The Hall–Kier alpha value is -2.92. The van der Waals surface area contributed by atoms with Gasteiger partial charge in [0, 0.05) is 11.8 Å². The van der Waals surface area contributed by atoms with E-state index in [9.17, 15) is 18.8 Å². The molecule has 0 aliphatic heterocycles. The van der Waals surface area contributed by atoms with Crippen molar-refractivity contribution >= 4 is 41.0 Å². The number of nitrogens with two attached hydrogens (primary N) is 1. The van der Waals surface area contributed by atoms with Crippen LogP contribution < -0.4 is 21.9 Å². The van der Waals surface area contributed by atoms with Crippen LogP contribution in [0, 0.1) is 17.1 Å². The van der Waals surface area contributed by atoms with E-state index in [2.05, 4.69) is 5.32 Å². The highest BCUT2D eigenvalue weighted by atomic mass is 35.5. The molecular formula is C21H29ClFN5O5. The van der Waals surface area contributed by atoms with E-state index in [1.54, 1.807) is 33.1 Å². The van der Waals surface area contributed by atoms with Crippen molar-refractivity contribution in [1.29, 1.82) is 5.41 Å². The van der Waals surface area contributed by atoms with Gasteiger partial charge in [0.2, 0.25) is 0 Å². The SMILES string of the molecule is CC(CC(=N)c1c(F)cc(C(=O)NNC(=O)O)c(NC2CC2)c1Cl)C(N)C(=O)OC(C)(C)C. The molecule has 0 heterocycles. The third-order valence-electron chi connectivity index (χ3n) is 4.79. The van der Waals surface area contributed by atoms with Gasteiger partial charge in [0.25, 0.3) is 5.91 Å². The number of carboxylic acid groups (broad SMARTS) is 1. The largest absolute Gasteiger partial charge is 0.464 e. The maximum atomic E-state index is 15.0. The number of nitrogens with one attached hydrogen (secondary N) is 4. The summed E-state index contributed by atoms with van der Waals surface area (Å²) < 4.78 is 20.3. The number of anilines is 1. The predicted octanol–water partition coefficient (Wildman–Crippen LogP) is 3.03. The summed E-state index contributed by atoms with van der Waals surface area (Å²) in [6.45, 7) is 6.75. The Kier molecular flexibility index (Phi) is 8.25. The molecule has 2 unspecified atom stereocenters. The van der Waals surface area contributed by atoms with Gasteiger partial charge in [-0.1, -0.05) is 18.5 Å². The normalized spacial score (nSPS) is 15.2. The van der Waals surface area contributed by atoms with Crippen molar-refractivity contribution in [2.45, 2.75) is 64.6 Å². The first kappa shape index (κ1) is 26.3. The number of carbonyl (C=O) groups is 3. The molecule has 10 nitrogen and oxygen atoms in total. The fourth-order valence-electron chi connectivity index (χ4n) is 2.98. The number of hydrogen-bond acceptors (Lipinski definition) is 7. The fraction of sp³-hybridized carbons (Fsp3) is 0.524. The van der Waals surface area contributed by atoms with Gasteiger partial charge in [0.1, 0.15) is 17.5 Å². The van der Waals surface area contributed by atoms with E-state index in [1.165, 1.54) is 0 Å². The van der Waals surface area contributed by atoms with Crippen LogP contribution in [0.5, 0.6) is 0 Å². The average Bonchev–Trinajstić information content (AvgIpc) is 3.50. The van der Waals surface area contributed by atoms with Crippen LogP contribution in [0.1, 0.15) is 62.9 Å². The monoisotopic (exact) mass is 485 g/mol. The van der Waals surface area contributed by atoms with Crippen molar-refractivity contribution in [2.24, 2.45) is 11.7 Å². The first-order valence-electron chi connectivity index (χ1n) is 10.3. The lowest BCUT2D eigenvalue weighted by Crippen LogP contribution is -2.42. The molecule has 12 heteroatoms. The van der Waals surface area contributed by atoms with E-state index >= 15 is 0 Å². The van der Waals surface area contributed by atoms with Crippen molar-refractivity contribution in [1.82, 2.24) is 10.9 Å². The number of ether oxygens (including phenoxy) is 1. The number of rotatable bonds is 8. The number of hydrogen-bond donors (Lipinski definition) is 6. The third-order valence-corrected chi connectivity index (χ3v) is 5.17. The molecule has 0 radical (unpaired) electrons. The van der Waals surface area contributed by atoms with E-state index in [4.69, 9.17) is 32.6 Å². The van der Waals surface area contributed by atoms with Gasteiger partial charge < -0.3 is 26.3 Å². The molecule has 0 saturated heterocycles. The van der Waals surface area contributed by atoms with Crippen molar-refractivity contribution < 1.29 is 28.6 Å². The highest BCUT2D eigenvalue weighted by Crippen LogP contribution is 2.37. The minimum atomic E-state index is -1.50. The zero-order valence-electron chi connectivity index (χ0n) is 18.8. The van der Waals surface area contributed by atoms with Gasteiger partial charge in [-0.3, -0.25) is 15.0 Å². The molecular weight excluding hydrogens is 457 g/mol. The van der Waals surface area contributed by atoms with Crippen LogP contribution in [-0.4, -0.2) is 46.5 Å². The van der Waals surface area contributed by atoms with Crippen LogP contribution in [0.3, 0.4) is 0 Å². The molecule has 1 aromatic carbocycles. The van der Waals surface area contributed by atoms with Gasteiger partial charge in [-0.15, -0.1) is 0 Å². The van der Waals surface area contributed by atoms with Crippen molar-refractivity contribution in [3.05, 3.63) is 28.0 Å². The van der Waals surface area contributed by atoms with Gasteiger partial charge in [-0.25, -0.2) is 14.6 Å². The van der Waals surface area contributed by atoms with Gasteiger partial charge >= 0.3 is 12.1 Å². The van der Waals surface area contributed by atoms with Crippen LogP contribution in [0.4, 0.5) is 14.9 Å². The Bertz CT molecular complexity index is 961. The molecule has 182 valence electrons. The molecule has 1 aliphatic rings. The Morgan fingerprint density at radius 3 is 2.45 bits per heavy atom. The topological polar surface area (TPSA) is 167 Å². The van der Waals surface area contributed by atoms with Crippen molar-refractivity contribution in [2.75, 3.05) is 5.32 Å². The third kappa shape index (κ3) is 7.29. The highest BCUT2D eigenvalue weighted by molar-refractivity contribution is 6.37. The summed E-state index contributed by atoms with van der Waals surface area (Å²) >= 11 is 6.42. The van der Waals surface area contributed by atoms with E-state index in [0.29, 0.717) is 0 Å². The smallest absolute Gasteiger partial charge is 0.423 e. The van der Waals surface area contributed by atoms with Crippen LogP contribution >= 0.6 is 11.6 Å². The fourth-order valence-corrected chi connectivity index (χ4v) is 3.34. The molecule has 1 aliphatic carbocycles. The summed E-state index contributed by atoms with van der Waals surface area (Å²) in [6, 6.07) is -0.131. The lowest BCUT2D eigenvalue weighted by molar-refractivity contribution is -0.157. The van der Waals surface area contributed by atoms with E-state index < -0.39 is 41.3 Å². The van der Waals surface area contributed by atoms with Gasteiger partial charge in [0.05, 0.1) is 21.8 Å². The average molecular weight is 486 g/mol. The second kappa shape index (κ2) is 10.3. The number of halogens is 2. The first-order valence-corrected chi connectivity index (χ1v) is 10.7. The van der Waals surface area contributed by atoms with Crippen LogP contribution in [0.25, 0.3) is 0 Å². The standard InChI is InChI=1S/C21H29ClFN5O5/c1-9(16(25)19(30)33-21(2,3)4)7-13(24)14-12(23)8-11(18(29)27-28-20(31)32)17(15(14)22)26-10-5-6-10/h8-10,16,24,26,28H,5-7,25H2,1-4H3,(H,27,29)(H,31,32). The van der Waals surface area contributed by atoms with Gasteiger partial charge in [-0.2, -0.15) is 0 Å². The number of benzene rings is 1. The van der Waals surface area contributed by atoms with Gasteiger partial charge in [-0.05, 0) is 52.0 Å². The molecule has 0 aromatic heterocycles. The van der Waals surface area contributed by atoms with E-state index in [1.807, 2.05) is 5.43 Å². The number of esters is 1. The quantitative estimate of drug-likeness (QED) is 0.187. The van der Waals surface area contributed by atoms with Crippen LogP contribution in [-0.2, 0) is 9.53 Å². The molecule has 1 fully saturated rings. The molecule has 1 aromatic rings. The second-order valence-electron chi connectivity index (χ2n) is 8.99. The maximum Gasteiger partial charge on any atom is 0.423 e. The Morgan fingerprint density at radius 2 is 1.94 bits per heavy atom. The summed E-state index contributed by atoms with van der Waals surface area (Å²) in [4.78, 5) is 35.3. The lowest BCUT2D eigenvalue weighted by Gasteiger charge is -2.25. The second-order valence-corrected chi connectivity index (χ2v) is 9.37. The summed E-state index contributed by atoms with van der Waals surface area (Å²) in [6.07, 6.45) is 0.0553. The molecule has 2 amide bonds. The van der Waals surface area contributed by atoms with Crippen LogP contribution in [0.15, 0.2) is 6.07 Å². The molecule has 1 saturated carbocycles. The van der Waals surface area contributed by atoms with E-state index in [0.717, 1.165) is 18.9 Å². The molecule has 0 bridgehead atoms. The summed E-state index contributed by atoms with van der Waals surface area (Å²) in [7, 11) is 0. The summed E-state index contributed by atoms with van der Waals surface area (Å²) in [5, 5.41) is 19.9. The number of hydrazine groups is 1. The lowest BCUT2D eigenvalue weighted by atomic mass is 9.92.